The highest BCUT2D eigenvalue weighted by molar-refractivity contribution is 6.33. The van der Waals surface area contributed by atoms with Crippen molar-refractivity contribution in [3.8, 4) is 0 Å². The predicted molar refractivity (Wildman–Crippen MR) is 68.9 cm³/mol. The van der Waals surface area contributed by atoms with Gasteiger partial charge in [0.05, 0.1) is 17.3 Å². The number of benzene rings is 1. The average Bonchev–Trinajstić information content (AvgIpc) is 2.66. The molecule has 0 bridgehead atoms. The van der Waals surface area contributed by atoms with Gasteiger partial charge in [0.2, 0.25) is 0 Å². The van der Waals surface area contributed by atoms with E-state index < -0.39 is 0 Å². The van der Waals surface area contributed by atoms with Gasteiger partial charge in [-0.25, -0.2) is 0 Å². The van der Waals surface area contributed by atoms with E-state index in [0.717, 1.165) is 17.3 Å². The van der Waals surface area contributed by atoms with E-state index in [4.69, 9.17) is 11.6 Å². The van der Waals surface area contributed by atoms with Gasteiger partial charge in [0.1, 0.15) is 0 Å². The summed E-state index contributed by atoms with van der Waals surface area (Å²) in [6.45, 7) is 2.84. The molecule has 84 valence electrons. The van der Waals surface area contributed by atoms with Crippen molar-refractivity contribution in [2.24, 2.45) is 7.05 Å². The monoisotopic (exact) mass is 234 g/mol. The summed E-state index contributed by atoms with van der Waals surface area (Å²) in [5.41, 5.74) is 3.43. The lowest BCUT2D eigenvalue weighted by molar-refractivity contribution is 0.842. The molecule has 3 heteroatoms. The zero-order valence-corrected chi connectivity index (χ0v) is 10.3. The van der Waals surface area contributed by atoms with E-state index in [1.54, 1.807) is 0 Å². The Labute approximate surface area is 101 Å². The van der Waals surface area contributed by atoms with Gasteiger partial charge in [0.25, 0.3) is 0 Å². The van der Waals surface area contributed by atoms with Crippen LogP contribution in [0, 0.1) is 6.92 Å². The van der Waals surface area contributed by atoms with Crippen LogP contribution in [0.15, 0.2) is 36.5 Å². The maximum absolute atomic E-state index is 6.11. The van der Waals surface area contributed by atoms with Crippen molar-refractivity contribution in [1.29, 1.82) is 0 Å². The summed E-state index contributed by atoms with van der Waals surface area (Å²) >= 11 is 6.11. The molecule has 0 atom stereocenters. The molecule has 2 nitrogen and oxygen atoms in total. The molecule has 0 saturated heterocycles. The second-order valence-corrected chi connectivity index (χ2v) is 4.35. The van der Waals surface area contributed by atoms with E-state index in [2.05, 4.69) is 28.9 Å². The lowest BCUT2D eigenvalue weighted by atomic mass is 10.2. The van der Waals surface area contributed by atoms with E-state index in [1.807, 2.05) is 31.4 Å². The molecule has 0 amide bonds. The third-order valence-corrected chi connectivity index (χ3v) is 2.96. The summed E-state index contributed by atoms with van der Waals surface area (Å²) in [6, 6.07) is 10.1. The summed E-state index contributed by atoms with van der Waals surface area (Å²) in [6.07, 6.45) is 2.04. The first-order valence-corrected chi connectivity index (χ1v) is 5.65. The molecular weight excluding hydrogens is 220 g/mol. The SMILES string of the molecule is Cc1ccc(Cl)c(NCc2cccn2C)c1. The van der Waals surface area contributed by atoms with Gasteiger partial charge < -0.3 is 9.88 Å². The van der Waals surface area contributed by atoms with Gasteiger partial charge >= 0.3 is 0 Å². The number of rotatable bonds is 3. The number of nitrogens with zero attached hydrogens (tertiary/aromatic N) is 1. The van der Waals surface area contributed by atoms with Crippen LogP contribution < -0.4 is 5.32 Å². The third-order valence-electron chi connectivity index (χ3n) is 2.63. The van der Waals surface area contributed by atoms with E-state index in [-0.39, 0.29) is 0 Å². The van der Waals surface area contributed by atoms with Crippen LogP contribution in [0.4, 0.5) is 5.69 Å². The molecular formula is C13H15ClN2. The zero-order valence-electron chi connectivity index (χ0n) is 9.50. The van der Waals surface area contributed by atoms with Crippen molar-refractivity contribution >= 4 is 17.3 Å². The van der Waals surface area contributed by atoms with Crippen LogP contribution in [-0.2, 0) is 13.6 Å². The smallest absolute Gasteiger partial charge is 0.0637 e. The minimum atomic E-state index is 0.764. The molecule has 2 aromatic rings. The van der Waals surface area contributed by atoms with E-state index in [1.165, 1.54) is 11.3 Å². The molecule has 2 rings (SSSR count). The summed E-state index contributed by atoms with van der Waals surface area (Å²) in [7, 11) is 2.04. The fourth-order valence-corrected chi connectivity index (χ4v) is 1.82. The van der Waals surface area contributed by atoms with Crippen molar-refractivity contribution in [1.82, 2.24) is 4.57 Å². The topological polar surface area (TPSA) is 17.0 Å². The first-order chi connectivity index (χ1) is 7.66. The van der Waals surface area contributed by atoms with E-state index in [9.17, 15) is 0 Å². The van der Waals surface area contributed by atoms with Gasteiger partial charge in [-0.3, -0.25) is 0 Å². The van der Waals surface area contributed by atoms with Crippen LogP contribution in [0.3, 0.4) is 0 Å². The lowest BCUT2D eigenvalue weighted by Crippen LogP contribution is -2.04. The van der Waals surface area contributed by atoms with Gasteiger partial charge in [0.15, 0.2) is 0 Å². The van der Waals surface area contributed by atoms with Gasteiger partial charge in [-0.2, -0.15) is 0 Å². The summed E-state index contributed by atoms with van der Waals surface area (Å²) < 4.78 is 2.09. The van der Waals surface area contributed by atoms with E-state index in [0.29, 0.717) is 0 Å². The maximum Gasteiger partial charge on any atom is 0.0637 e. The zero-order chi connectivity index (χ0) is 11.5. The number of nitrogens with one attached hydrogen (secondary N) is 1. The molecule has 0 aliphatic heterocycles. The molecule has 1 aromatic heterocycles. The van der Waals surface area contributed by atoms with Gasteiger partial charge in [-0.1, -0.05) is 17.7 Å². The number of aromatic nitrogens is 1. The van der Waals surface area contributed by atoms with Crippen LogP contribution in [-0.4, -0.2) is 4.57 Å². The minimum Gasteiger partial charge on any atom is -0.378 e. The molecule has 0 fully saturated rings. The second kappa shape index (κ2) is 4.62. The lowest BCUT2D eigenvalue weighted by Gasteiger charge is -2.10. The number of halogens is 1. The van der Waals surface area contributed by atoms with Crippen LogP contribution >= 0.6 is 11.6 Å². The average molecular weight is 235 g/mol. The Morgan fingerprint density at radius 2 is 2.12 bits per heavy atom. The molecule has 0 radical (unpaired) electrons. The summed E-state index contributed by atoms with van der Waals surface area (Å²) in [5.74, 6) is 0. The molecule has 1 heterocycles. The van der Waals surface area contributed by atoms with Gasteiger partial charge in [-0.05, 0) is 36.8 Å². The molecule has 0 aliphatic carbocycles. The Kier molecular flexibility index (Phi) is 3.20. The highest BCUT2D eigenvalue weighted by Gasteiger charge is 2.01. The fraction of sp³-hybridized carbons (Fsp3) is 0.231. The van der Waals surface area contributed by atoms with Crippen molar-refractivity contribution in [2.75, 3.05) is 5.32 Å². The summed E-state index contributed by atoms with van der Waals surface area (Å²) in [5, 5.41) is 4.11. The Hall–Kier alpha value is -1.41. The second-order valence-electron chi connectivity index (χ2n) is 3.95. The minimum absolute atomic E-state index is 0.764. The quantitative estimate of drug-likeness (QED) is 0.859. The summed E-state index contributed by atoms with van der Waals surface area (Å²) in [4.78, 5) is 0. The Morgan fingerprint density at radius 3 is 2.81 bits per heavy atom. The fourth-order valence-electron chi connectivity index (χ4n) is 1.64. The van der Waals surface area contributed by atoms with Crippen molar-refractivity contribution in [2.45, 2.75) is 13.5 Å². The standard InChI is InChI=1S/C13H15ClN2/c1-10-5-6-12(14)13(8-10)15-9-11-4-3-7-16(11)2/h3-8,15H,9H2,1-2H3. The molecule has 1 N–H and O–H groups in total. The predicted octanol–water partition coefficient (Wildman–Crippen LogP) is 3.60. The molecule has 1 aromatic carbocycles. The Balaban J connectivity index is 2.10. The highest BCUT2D eigenvalue weighted by atomic mass is 35.5. The number of anilines is 1. The van der Waals surface area contributed by atoms with Crippen LogP contribution in [0.1, 0.15) is 11.3 Å². The normalized spacial score (nSPS) is 10.4. The van der Waals surface area contributed by atoms with Crippen molar-refractivity contribution in [3.63, 3.8) is 0 Å². The molecule has 16 heavy (non-hydrogen) atoms. The molecule has 0 aliphatic rings. The van der Waals surface area contributed by atoms with Gasteiger partial charge in [-0.15, -0.1) is 0 Å². The number of hydrogen-bond donors (Lipinski definition) is 1. The first-order valence-electron chi connectivity index (χ1n) is 5.27. The number of hydrogen-bond acceptors (Lipinski definition) is 1. The van der Waals surface area contributed by atoms with Gasteiger partial charge in [0, 0.05) is 18.9 Å². The van der Waals surface area contributed by atoms with Crippen LogP contribution in [0.25, 0.3) is 0 Å². The highest BCUT2D eigenvalue weighted by Crippen LogP contribution is 2.23. The van der Waals surface area contributed by atoms with Crippen molar-refractivity contribution in [3.05, 3.63) is 52.8 Å². The molecule has 0 unspecified atom stereocenters. The largest absolute Gasteiger partial charge is 0.378 e. The maximum atomic E-state index is 6.11. The number of aryl methyl sites for hydroxylation is 2. The van der Waals surface area contributed by atoms with E-state index >= 15 is 0 Å². The van der Waals surface area contributed by atoms with Crippen molar-refractivity contribution < 1.29 is 0 Å². The van der Waals surface area contributed by atoms with Crippen LogP contribution in [0.2, 0.25) is 5.02 Å². The molecule has 0 saturated carbocycles. The third kappa shape index (κ3) is 2.39. The Bertz CT molecular complexity index is 488. The van der Waals surface area contributed by atoms with Crippen LogP contribution in [0.5, 0.6) is 0 Å². The molecule has 0 spiro atoms. The Morgan fingerprint density at radius 1 is 1.31 bits per heavy atom. The first kappa shape index (κ1) is 11.1.